The number of halogens is 3. The molecule has 26 heavy (non-hydrogen) atoms. The molecule has 3 heterocycles. The number of rotatable bonds is 5. The lowest BCUT2D eigenvalue weighted by Gasteiger charge is -2.33. The highest BCUT2D eigenvalue weighted by atomic mass is 19.4. The fraction of sp³-hybridized carbons (Fsp3) is 0.562. The van der Waals surface area contributed by atoms with Crippen LogP contribution in [0.5, 0.6) is 0 Å². The summed E-state index contributed by atoms with van der Waals surface area (Å²) in [5, 5.41) is 3.26. The summed E-state index contributed by atoms with van der Waals surface area (Å²) < 4.78 is 40.3. The third-order valence-corrected chi connectivity index (χ3v) is 4.42. The Balaban J connectivity index is 1.62. The van der Waals surface area contributed by atoms with Gasteiger partial charge in [-0.3, -0.25) is 4.79 Å². The van der Waals surface area contributed by atoms with E-state index in [9.17, 15) is 18.0 Å². The second-order valence-corrected chi connectivity index (χ2v) is 6.42. The molecular weight excluding hydrogens is 349 g/mol. The van der Waals surface area contributed by atoms with Gasteiger partial charge in [0, 0.05) is 51.0 Å². The number of nitrogens with one attached hydrogen (secondary N) is 1. The van der Waals surface area contributed by atoms with Crippen molar-refractivity contribution in [1.29, 1.82) is 0 Å². The molecule has 10 heteroatoms. The first-order valence-corrected chi connectivity index (χ1v) is 8.40. The second-order valence-electron chi connectivity index (χ2n) is 6.42. The Morgan fingerprint density at radius 1 is 1.27 bits per heavy atom. The topological polar surface area (TPSA) is 68.0 Å². The van der Waals surface area contributed by atoms with Gasteiger partial charge in [0.25, 0.3) is 5.56 Å². The molecule has 3 rings (SSSR count). The predicted molar refractivity (Wildman–Crippen MR) is 89.8 cm³/mol. The Kier molecular flexibility index (Phi) is 5.30. The van der Waals surface area contributed by atoms with Gasteiger partial charge in [0.1, 0.15) is 12.4 Å². The van der Waals surface area contributed by atoms with Crippen LogP contribution in [-0.4, -0.2) is 44.4 Å². The maximum atomic E-state index is 12.6. The van der Waals surface area contributed by atoms with Gasteiger partial charge in [-0.25, -0.2) is 9.97 Å². The molecular formula is C16H21F3N6O. The molecule has 7 nitrogen and oxygen atoms in total. The number of anilines is 1. The SMILES string of the molecule is Cn1ccnc(N2CCCC(NCc3nccn3CC(F)(F)F)C2)c1=O. The highest BCUT2D eigenvalue weighted by molar-refractivity contribution is 5.36. The van der Waals surface area contributed by atoms with E-state index in [1.54, 1.807) is 19.4 Å². The molecule has 1 N–H and O–H groups in total. The van der Waals surface area contributed by atoms with Gasteiger partial charge in [0.2, 0.25) is 0 Å². The van der Waals surface area contributed by atoms with Crippen molar-refractivity contribution in [3.8, 4) is 0 Å². The molecule has 0 radical (unpaired) electrons. The third-order valence-electron chi connectivity index (χ3n) is 4.42. The molecule has 2 aromatic heterocycles. The summed E-state index contributed by atoms with van der Waals surface area (Å²) in [6.07, 6.45) is 3.35. The highest BCUT2D eigenvalue weighted by Crippen LogP contribution is 2.19. The van der Waals surface area contributed by atoms with Crippen LogP contribution in [0.2, 0.25) is 0 Å². The van der Waals surface area contributed by atoms with Crippen molar-refractivity contribution in [2.75, 3.05) is 18.0 Å². The van der Waals surface area contributed by atoms with Crippen LogP contribution in [0.4, 0.5) is 19.0 Å². The number of nitrogens with zero attached hydrogens (tertiary/aromatic N) is 5. The molecule has 0 aliphatic carbocycles. The van der Waals surface area contributed by atoms with Crippen LogP contribution in [0.1, 0.15) is 18.7 Å². The van der Waals surface area contributed by atoms with Gasteiger partial charge in [-0.15, -0.1) is 0 Å². The molecule has 0 spiro atoms. The molecule has 142 valence electrons. The summed E-state index contributed by atoms with van der Waals surface area (Å²) in [7, 11) is 1.67. The minimum Gasteiger partial charge on any atom is -0.350 e. The minimum absolute atomic E-state index is 0.0477. The predicted octanol–water partition coefficient (Wildman–Crippen LogP) is 1.30. The van der Waals surface area contributed by atoms with E-state index in [2.05, 4.69) is 15.3 Å². The van der Waals surface area contributed by atoms with E-state index >= 15 is 0 Å². The van der Waals surface area contributed by atoms with E-state index in [1.807, 2.05) is 4.90 Å². The Morgan fingerprint density at radius 2 is 2.04 bits per heavy atom. The van der Waals surface area contributed by atoms with Crippen LogP contribution in [-0.2, 0) is 20.1 Å². The zero-order chi connectivity index (χ0) is 18.7. The molecule has 0 bridgehead atoms. The first kappa shape index (κ1) is 18.4. The van der Waals surface area contributed by atoms with Gasteiger partial charge in [0.15, 0.2) is 5.82 Å². The standard InChI is InChI=1S/C16H21F3N6O/c1-23-7-4-21-14(15(23)26)24-6-2-3-12(10-24)22-9-13-20-5-8-25(13)11-16(17,18)19/h4-5,7-8,12,22H,2-3,6,9-11H2,1H3. The van der Waals surface area contributed by atoms with Crippen LogP contribution in [0.3, 0.4) is 0 Å². The second kappa shape index (κ2) is 7.48. The monoisotopic (exact) mass is 370 g/mol. The van der Waals surface area contributed by atoms with E-state index in [0.29, 0.717) is 18.2 Å². The van der Waals surface area contributed by atoms with Gasteiger partial charge < -0.3 is 19.4 Å². The Bertz CT molecular complexity index is 800. The zero-order valence-electron chi connectivity index (χ0n) is 14.4. The smallest absolute Gasteiger partial charge is 0.350 e. The molecule has 1 fully saturated rings. The number of hydrogen-bond donors (Lipinski definition) is 1. The highest BCUT2D eigenvalue weighted by Gasteiger charge is 2.29. The van der Waals surface area contributed by atoms with Crippen LogP contribution in [0, 0.1) is 0 Å². The Hall–Kier alpha value is -2.36. The minimum atomic E-state index is -4.28. The van der Waals surface area contributed by atoms with Crippen LogP contribution in [0.25, 0.3) is 0 Å². The molecule has 0 aromatic carbocycles. The summed E-state index contributed by atoms with van der Waals surface area (Å²) >= 11 is 0. The van der Waals surface area contributed by atoms with Gasteiger partial charge in [-0.1, -0.05) is 0 Å². The number of piperidine rings is 1. The largest absolute Gasteiger partial charge is 0.406 e. The summed E-state index contributed by atoms with van der Waals surface area (Å²) in [5.74, 6) is 0.744. The summed E-state index contributed by atoms with van der Waals surface area (Å²) in [6.45, 7) is 0.492. The van der Waals surface area contributed by atoms with Crippen molar-refractivity contribution in [2.45, 2.75) is 38.1 Å². The molecule has 1 aliphatic rings. The molecule has 1 unspecified atom stereocenters. The number of imidazole rings is 1. The number of aryl methyl sites for hydroxylation is 1. The summed E-state index contributed by atoms with van der Waals surface area (Å²) in [4.78, 5) is 22.3. The summed E-state index contributed by atoms with van der Waals surface area (Å²) in [6, 6.07) is 0.0477. The average Bonchev–Trinajstić information content (AvgIpc) is 3.01. The van der Waals surface area contributed by atoms with Crippen LogP contribution < -0.4 is 15.8 Å². The maximum absolute atomic E-state index is 12.6. The van der Waals surface area contributed by atoms with Crippen molar-refractivity contribution < 1.29 is 13.2 Å². The van der Waals surface area contributed by atoms with Gasteiger partial charge in [-0.2, -0.15) is 13.2 Å². The van der Waals surface area contributed by atoms with E-state index in [0.717, 1.165) is 24.0 Å². The molecule has 0 amide bonds. The average molecular weight is 370 g/mol. The quantitative estimate of drug-likeness (QED) is 0.859. The van der Waals surface area contributed by atoms with E-state index in [4.69, 9.17) is 0 Å². The van der Waals surface area contributed by atoms with Crippen LogP contribution in [0.15, 0.2) is 29.6 Å². The van der Waals surface area contributed by atoms with E-state index in [-0.39, 0.29) is 18.1 Å². The van der Waals surface area contributed by atoms with Crippen molar-refractivity contribution in [3.63, 3.8) is 0 Å². The van der Waals surface area contributed by atoms with Gasteiger partial charge in [-0.05, 0) is 12.8 Å². The molecule has 1 aliphatic heterocycles. The first-order chi connectivity index (χ1) is 12.3. The lowest BCUT2D eigenvalue weighted by Crippen LogP contribution is -2.48. The molecule has 0 saturated carbocycles. The van der Waals surface area contributed by atoms with Crippen LogP contribution >= 0.6 is 0 Å². The lowest BCUT2D eigenvalue weighted by atomic mass is 10.1. The molecule has 1 saturated heterocycles. The fourth-order valence-corrected chi connectivity index (χ4v) is 3.12. The van der Waals surface area contributed by atoms with E-state index < -0.39 is 12.7 Å². The van der Waals surface area contributed by atoms with Crippen molar-refractivity contribution in [3.05, 3.63) is 41.0 Å². The zero-order valence-corrected chi connectivity index (χ0v) is 14.4. The normalized spacial score (nSPS) is 18.3. The number of hydrogen-bond acceptors (Lipinski definition) is 5. The summed E-state index contributed by atoms with van der Waals surface area (Å²) in [5.41, 5.74) is -0.158. The lowest BCUT2D eigenvalue weighted by molar-refractivity contribution is -0.141. The van der Waals surface area contributed by atoms with E-state index in [1.165, 1.54) is 17.0 Å². The third kappa shape index (κ3) is 4.43. The molecule has 1 atom stereocenters. The maximum Gasteiger partial charge on any atom is 0.406 e. The fourth-order valence-electron chi connectivity index (χ4n) is 3.12. The first-order valence-electron chi connectivity index (χ1n) is 8.40. The Morgan fingerprint density at radius 3 is 2.81 bits per heavy atom. The molecule has 2 aromatic rings. The Labute approximate surface area is 148 Å². The van der Waals surface area contributed by atoms with Gasteiger partial charge >= 0.3 is 6.18 Å². The number of aromatic nitrogens is 4. The van der Waals surface area contributed by atoms with Crippen molar-refractivity contribution in [1.82, 2.24) is 24.4 Å². The van der Waals surface area contributed by atoms with Crippen molar-refractivity contribution in [2.24, 2.45) is 7.05 Å². The van der Waals surface area contributed by atoms with Gasteiger partial charge in [0.05, 0.1) is 6.54 Å². The van der Waals surface area contributed by atoms with Crippen molar-refractivity contribution >= 4 is 5.82 Å². The number of alkyl halides is 3.